The summed E-state index contributed by atoms with van der Waals surface area (Å²) in [6.45, 7) is -0.00153. The predicted molar refractivity (Wildman–Crippen MR) is 99.9 cm³/mol. The lowest BCUT2D eigenvalue weighted by Gasteiger charge is -2.32. The van der Waals surface area contributed by atoms with E-state index in [0.29, 0.717) is 17.9 Å². The number of likely N-dealkylation sites (tertiary alicyclic amines) is 1. The Hall–Kier alpha value is -2.41. The smallest absolute Gasteiger partial charge is 0.320 e. The number of aliphatic carboxylic acids is 1. The first-order chi connectivity index (χ1) is 13.0. The number of hydrogen-bond donors (Lipinski definition) is 3. The van der Waals surface area contributed by atoms with Gasteiger partial charge in [-0.1, -0.05) is 43.2 Å². The van der Waals surface area contributed by atoms with E-state index in [2.05, 4.69) is 10.6 Å². The van der Waals surface area contributed by atoms with Crippen molar-refractivity contribution in [3.63, 3.8) is 0 Å². The Bertz CT molecular complexity index is 694. The van der Waals surface area contributed by atoms with E-state index in [9.17, 15) is 19.5 Å². The molecule has 1 aromatic rings. The molecule has 7 nitrogen and oxygen atoms in total. The maximum Gasteiger partial charge on any atom is 0.320 e. The minimum atomic E-state index is -0.872. The molecule has 3 rings (SSSR count). The normalized spacial score (nSPS) is 26.0. The Morgan fingerprint density at radius 1 is 1.19 bits per heavy atom. The highest BCUT2D eigenvalue weighted by molar-refractivity contribution is 5.89. The van der Waals surface area contributed by atoms with Crippen LogP contribution in [0.4, 0.5) is 0 Å². The van der Waals surface area contributed by atoms with Crippen molar-refractivity contribution in [2.45, 2.75) is 50.2 Å². The Kier molecular flexibility index (Phi) is 6.11. The summed E-state index contributed by atoms with van der Waals surface area (Å²) in [7, 11) is 1.53. The molecule has 0 bridgehead atoms. The molecular weight excluding hydrogens is 346 g/mol. The number of carbonyl (C=O) groups is 3. The summed E-state index contributed by atoms with van der Waals surface area (Å²) < 4.78 is 0. The van der Waals surface area contributed by atoms with Crippen LogP contribution in [0.3, 0.4) is 0 Å². The molecule has 1 aliphatic heterocycles. The van der Waals surface area contributed by atoms with Gasteiger partial charge in [-0.25, -0.2) is 0 Å². The quantitative estimate of drug-likeness (QED) is 0.698. The first-order valence-corrected chi connectivity index (χ1v) is 9.55. The molecule has 2 aliphatic rings. The third-order valence-corrected chi connectivity index (χ3v) is 5.78. The van der Waals surface area contributed by atoms with E-state index in [0.717, 1.165) is 25.7 Å². The fraction of sp³-hybridized carbons (Fsp3) is 0.550. The first kappa shape index (κ1) is 19.4. The van der Waals surface area contributed by atoms with Crippen molar-refractivity contribution < 1.29 is 19.5 Å². The molecule has 146 valence electrons. The summed E-state index contributed by atoms with van der Waals surface area (Å²) in [5, 5.41) is 14.9. The number of nitrogens with zero attached hydrogens (tertiary/aromatic N) is 1. The third kappa shape index (κ3) is 4.30. The largest absolute Gasteiger partial charge is 0.480 e. The molecule has 3 N–H and O–H groups in total. The van der Waals surface area contributed by atoms with Crippen LogP contribution < -0.4 is 10.6 Å². The predicted octanol–water partition coefficient (Wildman–Crippen LogP) is 1.31. The molecule has 1 aliphatic carbocycles. The number of hydrogen-bond acceptors (Lipinski definition) is 4. The van der Waals surface area contributed by atoms with Gasteiger partial charge in [-0.05, 0) is 30.7 Å². The van der Waals surface area contributed by atoms with Crippen LogP contribution in [0.15, 0.2) is 30.3 Å². The van der Waals surface area contributed by atoms with Crippen LogP contribution in [0.1, 0.15) is 43.7 Å². The van der Waals surface area contributed by atoms with Gasteiger partial charge in [0.15, 0.2) is 0 Å². The van der Waals surface area contributed by atoms with Crippen molar-refractivity contribution in [1.29, 1.82) is 0 Å². The molecule has 0 radical (unpaired) electrons. The molecule has 7 heteroatoms. The second kappa shape index (κ2) is 8.52. The number of carbonyl (C=O) groups excluding carboxylic acids is 2. The second-order valence-corrected chi connectivity index (χ2v) is 7.40. The summed E-state index contributed by atoms with van der Waals surface area (Å²) in [6, 6.07) is 7.75. The minimum Gasteiger partial charge on any atom is -0.480 e. The number of carboxylic acid groups (broad SMARTS) is 1. The van der Waals surface area contributed by atoms with Crippen molar-refractivity contribution in [2.75, 3.05) is 13.6 Å². The van der Waals surface area contributed by atoms with E-state index in [4.69, 9.17) is 0 Å². The molecular formula is C20H27N3O4. The van der Waals surface area contributed by atoms with Crippen molar-refractivity contribution in [3.05, 3.63) is 35.9 Å². The maximum atomic E-state index is 12.7. The number of rotatable bonds is 6. The van der Waals surface area contributed by atoms with Gasteiger partial charge in [-0.15, -0.1) is 0 Å². The fourth-order valence-electron chi connectivity index (χ4n) is 4.49. The molecule has 2 amide bonds. The Balaban J connectivity index is 1.72. The van der Waals surface area contributed by atoms with Gasteiger partial charge in [0.2, 0.25) is 11.8 Å². The van der Waals surface area contributed by atoms with Crippen LogP contribution in [-0.2, 0) is 14.4 Å². The van der Waals surface area contributed by atoms with Crippen LogP contribution in [0.2, 0.25) is 0 Å². The molecule has 4 atom stereocenters. The molecule has 0 spiro atoms. The molecule has 0 aromatic heterocycles. The first-order valence-electron chi connectivity index (χ1n) is 9.55. The topological polar surface area (TPSA) is 98.7 Å². The van der Waals surface area contributed by atoms with Gasteiger partial charge in [-0.3, -0.25) is 19.3 Å². The summed E-state index contributed by atoms with van der Waals surface area (Å²) in [5.41, 5.74) is 0.692. The second-order valence-electron chi connectivity index (χ2n) is 7.40. The lowest BCUT2D eigenvalue weighted by atomic mass is 9.85. The minimum absolute atomic E-state index is 0.00153. The Morgan fingerprint density at radius 3 is 2.56 bits per heavy atom. The van der Waals surface area contributed by atoms with E-state index < -0.39 is 18.1 Å². The van der Waals surface area contributed by atoms with Crippen molar-refractivity contribution in [3.8, 4) is 0 Å². The molecule has 2 fully saturated rings. The number of benzene rings is 1. The van der Waals surface area contributed by atoms with E-state index >= 15 is 0 Å². The van der Waals surface area contributed by atoms with E-state index in [-0.39, 0.29) is 24.4 Å². The SMILES string of the molecule is CNC(=O)C(NC(=O)CN1C(C(=O)O)CC2CCCCC21)c1ccccc1. The van der Waals surface area contributed by atoms with Gasteiger partial charge in [0.05, 0.1) is 6.54 Å². The number of likely N-dealkylation sites (N-methyl/N-ethyl adjacent to an activating group) is 1. The Morgan fingerprint density at radius 2 is 1.89 bits per heavy atom. The fourth-order valence-corrected chi connectivity index (χ4v) is 4.49. The van der Waals surface area contributed by atoms with Crippen LogP contribution in [0.5, 0.6) is 0 Å². The standard InChI is InChI=1S/C20H27N3O4/c1-21-19(25)18(13-7-3-2-4-8-13)22-17(24)12-23-15-10-6-5-9-14(15)11-16(23)20(26)27/h2-4,7-8,14-16,18H,5-6,9-12H2,1H3,(H,21,25)(H,22,24)(H,26,27). The van der Waals surface area contributed by atoms with Gasteiger partial charge >= 0.3 is 5.97 Å². The molecule has 4 unspecified atom stereocenters. The van der Waals surface area contributed by atoms with E-state index in [1.807, 2.05) is 23.1 Å². The van der Waals surface area contributed by atoms with Gasteiger partial charge in [0.1, 0.15) is 12.1 Å². The molecule has 1 heterocycles. The number of amides is 2. The van der Waals surface area contributed by atoms with Crippen molar-refractivity contribution in [1.82, 2.24) is 15.5 Å². The van der Waals surface area contributed by atoms with Crippen molar-refractivity contribution >= 4 is 17.8 Å². The molecule has 1 saturated heterocycles. The lowest BCUT2D eigenvalue weighted by molar-refractivity contribution is -0.143. The number of carboxylic acids is 1. The average Bonchev–Trinajstić information content (AvgIpc) is 3.05. The summed E-state index contributed by atoms with van der Waals surface area (Å²) in [6.07, 6.45) is 4.75. The van der Waals surface area contributed by atoms with Gasteiger partial charge < -0.3 is 15.7 Å². The maximum absolute atomic E-state index is 12.7. The van der Waals surface area contributed by atoms with E-state index in [1.54, 1.807) is 12.1 Å². The highest BCUT2D eigenvalue weighted by Crippen LogP contribution is 2.39. The lowest BCUT2D eigenvalue weighted by Crippen LogP contribution is -2.49. The van der Waals surface area contributed by atoms with Crippen molar-refractivity contribution in [2.24, 2.45) is 5.92 Å². The third-order valence-electron chi connectivity index (χ3n) is 5.78. The molecule has 27 heavy (non-hydrogen) atoms. The van der Waals surface area contributed by atoms with Crippen LogP contribution >= 0.6 is 0 Å². The Labute approximate surface area is 159 Å². The summed E-state index contributed by atoms with van der Waals surface area (Å²) >= 11 is 0. The molecule has 1 saturated carbocycles. The zero-order valence-corrected chi connectivity index (χ0v) is 15.6. The zero-order valence-electron chi connectivity index (χ0n) is 15.6. The summed E-state index contributed by atoms with van der Waals surface area (Å²) in [4.78, 5) is 38.5. The van der Waals surface area contributed by atoms with Gasteiger partial charge in [0, 0.05) is 13.1 Å². The summed E-state index contributed by atoms with van der Waals surface area (Å²) in [5.74, 6) is -1.16. The van der Waals surface area contributed by atoms with Gasteiger partial charge in [0.25, 0.3) is 0 Å². The monoisotopic (exact) mass is 373 g/mol. The zero-order chi connectivity index (χ0) is 19.4. The average molecular weight is 373 g/mol. The number of nitrogens with one attached hydrogen (secondary N) is 2. The molecule has 1 aromatic carbocycles. The highest BCUT2D eigenvalue weighted by atomic mass is 16.4. The van der Waals surface area contributed by atoms with Crippen LogP contribution in [0.25, 0.3) is 0 Å². The van der Waals surface area contributed by atoms with Gasteiger partial charge in [-0.2, -0.15) is 0 Å². The van der Waals surface area contributed by atoms with Crippen LogP contribution in [0, 0.1) is 5.92 Å². The highest BCUT2D eigenvalue weighted by Gasteiger charge is 2.45. The number of fused-ring (bicyclic) bond motifs is 1. The van der Waals surface area contributed by atoms with Crippen LogP contribution in [-0.4, -0.2) is 53.5 Å². The van der Waals surface area contributed by atoms with E-state index in [1.165, 1.54) is 7.05 Å².